The fraction of sp³-hybridized carbons (Fsp3) is 0.432. The zero-order valence-corrected chi connectivity index (χ0v) is 27.6. The van der Waals surface area contributed by atoms with Gasteiger partial charge in [0, 0.05) is 48.5 Å². The molecule has 0 spiro atoms. The number of nitrogens with one attached hydrogen (secondary N) is 1. The minimum Gasteiger partial charge on any atom is -0.497 e. The lowest BCUT2D eigenvalue weighted by molar-refractivity contribution is 0.0514. The molecular weight excluding hydrogens is 587 g/mol. The van der Waals surface area contributed by atoms with Gasteiger partial charge in [-0.2, -0.15) is 0 Å². The summed E-state index contributed by atoms with van der Waals surface area (Å²) >= 11 is 0. The normalized spacial score (nSPS) is 18.5. The molecule has 0 bridgehead atoms. The van der Waals surface area contributed by atoms with Gasteiger partial charge in [0.25, 0.3) is 0 Å². The molecule has 246 valence electrons. The molecule has 1 amide bonds. The molecule has 4 rings (SSSR count). The van der Waals surface area contributed by atoms with Crippen LogP contribution in [0.5, 0.6) is 11.5 Å². The first-order valence-electron chi connectivity index (χ1n) is 15.7. The minimum atomic E-state index is -0.638. The Labute approximate surface area is 271 Å². The van der Waals surface area contributed by atoms with E-state index in [9.17, 15) is 14.4 Å². The van der Waals surface area contributed by atoms with Crippen molar-refractivity contribution in [2.45, 2.75) is 52.1 Å². The third-order valence-corrected chi connectivity index (χ3v) is 8.40. The number of carbonyl (C=O) groups excluding carboxylic acids is 3. The van der Waals surface area contributed by atoms with Crippen LogP contribution < -0.4 is 14.8 Å². The standard InChI is InChI=1S/C37H45FN2O6/c1-24-29(16-11-17-32(24)38)33-30(34(41)25-12-9-14-27(20-25)44-5)22-40(19-8-7-18-39-36(43)46-37(2,3)4)23-31(33)35(42)26-13-10-15-28(21-26)45-6/h9-17,20-21,30-31,33H,7-8,18-19,22-23H2,1-6H3,(H,39,43)/t30-,31+,33?. The molecular formula is C37H45FN2O6. The van der Waals surface area contributed by atoms with Crippen LogP contribution in [-0.2, 0) is 4.74 Å². The van der Waals surface area contributed by atoms with Crippen LogP contribution in [0.2, 0.25) is 0 Å². The minimum absolute atomic E-state index is 0.132. The molecule has 1 unspecified atom stereocenters. The van der Waals surface area contributed by atoms with Crippen LogP contribution in [0.1, 0.15) is 71.4 Å². The number of unbranched alkanes of at least 4 members (excludes halogenated alkanes) is 1. The summed E-state index contributed by atoms with van der Waals surface area (Å²) in [6, 6.07) is 18.9. The maximum Gasteiger partial charge on any atom is 0.407 e. The molecule has 1 heterocycles. The Kier molecular flexibility index (Phi) is 11.6. The van der Waals surface area contributed by atoms with Crippen LogP contribution in [0.25, 0.3) is 0 Å². The van der Waals surface area contributed by atoms with Crippen molar-refractivity contribution in [2.75, 3.05) is 40.4 Å². The van der Waals surface area contributed by atoms with E-state index in [0.717, 1.165) is 6.42 Å². The van der Waals surface area contributed by atoms with E-state index < -0.39 is 29.4 Å². The van der Waals surface area contributed by atoms with E-state index in [0.29, 0.717) is 66.4 Å². The van der Waals surface area contributed by atoms with E-state index >= 15 is 4.39 Å². The quantitative estimate of drug-likeness (QED) is 0.172. The number of nitrogens with zero attached hydrogens (tertiary/aromatic N) is 1. The van der Waals surface area contributed by atoms with Gasteiger partial charge in [0.15, 0.2) is 11.6 Å². The molecule has 1 aliphatic heterocycles. The summed E-state index contributed by atoms with van der Waals surface area (Å²) in [5.74, 6) is -1.38. The van der Waals surface area contributed by atoms with Crippen LogP contribution in [0.15, 0.2) is 66.7 Å². The molecule has 9 heteroatoms. The van der Waals surface area contributed by atoms with Gasteiger partial charge < -0.3 is 24.4 Å². The van der Waals surface area contributed by atoms with E-state index in [4.69, 9.17) is 14.2 Å². The van der Waals surface area contributed by atoms with Gasteiger partial charge in [-0.25, -0.2) is 9.18 Å². The zero-order chi connectivity index (χ0) is 33.4. The smallest absolute Gasteiger partial charge is 0.407 e. The monoisotopic (exact) mass is 632 g/mol. The highest BCUT2D eigenvalue weighted by Gasteiger charge is 2.45. The molecule has 46 heavy (non-hydrogen) atoms. The first-order chi connectivity index (χ1) is 21.9. The Hall–Kier alpha value is -4.24. The fourth-order valence-electron chi connectivity index (χ4n) is 6.18. The first-order valence-corrected chi connectivity index (χ1v) is 15.7. The van der Waals surface area contributed by atoms with Crippen molar-refractivity contribution in [3.05, 3.63) is 94.8 Å². The number of carbonyl (C=O) groups is 3. The summed E-state index contributed by atoms with van der Waals surface area (Å²) in [5, 5.41) is 2.79. The number of halogens is 1. The average Bonchev–Trinajstić information content (AvgIpc) is 3.04. The SMILES string of the molecule is COc1cccc(C(=O)[C@H]2CN(CCCCNC(=O)OC(C)(C)C)C[C@@H](C(=O)c3cccc(OC)c3)C2c2cccc(F)c2C)c1. The van der Waals surface area contributed by atoms with Gasteiger partial charge in [0.05, 0.1) is 14.2 Å². The number of alkyl carbamates (subject to hydrolysis) is 1. The van der Waals surface area contributed by atoms with Gasteiger partial charge in [0.1, 0.15) is 22.9 Å². The molecule has 3 atom stereocenters. The number of amides is 1. The summed E-state index contributed by atoms with van der Waals surface area (Å²) < 4.78 is 31.2. The van der Waals surface area contributed by atoms with Gasteiger partial charge in [-0.15, -0.1) is 0 Å². The number of benzene rings is 3. The van der Waals surface area contributed by atoms with Crippen LogP contribution >= 0.6 is 0 Å². The second-order valence-electron chi connectivity index (χ2n) is 12.8. The highest BCUT2D eigenvalue weighted by molar-refractivity contribution is 6.02. The lowest BCUT2D eigenvalue weighted by Gasteiger charge is -2.43. The van der Waals surface area contributed by atoms with Crippen molar-refractivity contribution < 1.29 is 33.0 Å². The topological polar surface area (TPSA) is 94.2 Å². The molecule has 0 saturated carbocycles. The van der Waals surface area contributed by atoms with Gasteiger partial charge in [-0.05, 0) is 88.5 Å². The molecule has 8 nitrogen and oxygen atoms in total. The number of methoxy groups -OCH3 is 2. The molecule has 1 saturated heterocycles. The summed E-state index contributed by atoms with van der Waals surface area (Å²) in [5.41, 5.74) is 1.45. The van der Waals surface area contributed by atoms with Gasteiger partial charge >= 0.3 is 6.09 Å². The predicted molar refractivity (Wildman–Crippen MR) is 175 cm³/mol. The van der Waals surface area contributed by atoms with E-state index in [-0.39, 0.29) is 17.4 Å². The third-order valence-electron chi connectivity index (χ3n) is 8.40. The number of hydrogen-bond donors (Lipinski definition) is 1. The fourth-order valence-corrected chi connectivity index (χ4v) is 6.18. The maximum atomic E-state index is 15.0. The van der Waals surface area contributed by atoms with Crippen LogP contribution in [0, 0.1) is 24.6 Å². The third kappa shape index (κ3) is 8.72. The lowest BCUT2D eigenvalue weighted by Crippen LogP contribution is -2.50. The second kappa shape index (κ2) is 15.4. The van der Waals surface area contributed by atoms with Crippen molar-refractivity contribution in [3.63, 3.8) is 0 Å². The number of rotatable bonds is 12. The Balaban J connectivity index is 1.68. The van der Waals surface area contributed by atoms with E-state index in [1.54, 1.807) is 75.7 Å². The average molecular weight is 633 g/mol. The number of ether oxygens (including phenoxy) is 3. The van der Waals surface area contributed by atoms with Crippen molar-refractivity contribution in [2.24, 2.45) is 11.8 Å². The second-order valence-corrected chi connectivity index (χ2v) is 12.8. The van der Waals surface area contributed by atoms with Crippen molar-refractivity contribution >= 4 is 17.7 Å². The van der Waals surface area contributed by atoms with Crippen LogP contribution in [0.4, 0.5) is 9.18 Å². The maximum absolute atomic E-state index is 15.0. The van der Waals surface area contributed by atoms with Crippen molar-refractivity contribution in [3.8, 4) is 11.5 Å². The van der Waals surface area contributed by atoms with Gasteiger partial charge in [0.2, 0.25) is 0 Å². The molecule has 3 aromatic rings. The molecule has 0 radical (unpaired) electrons. The van der Waals surface area contributed by atoms with Gasteiger partial charge in [-0.1, -0.05) is 36.4 Å². The highest BCUT2D eigenvalue weighted by Crippen LogP contribution is 2.43. The number of Topliss-reactive ketones (excluding diaryl/α,β-unsaturated/α-hetero) is 2. The van der Waals surface area contributed by atoms with Crippen LogP contribution in [0.3, 0.4) is 0 Å². The molecule has 0 aliphatic carbocycles. The van der Waals surface area contributed by atoms with Gasteiger partial charge in [-0.3, -0.25) is 9.59 Å². The summed E-state index contributed by atoms with van der Waals surface area (Å²) in [6.07, 6.45) is 0.941. The van der Waals surface area contributed by atoms with E-state index in [2.05, 4.69) is 10.2 Å². The Bertz CT molecular complexity index is 1460. The lowest BCUT2D eigenvalue weighted by atomic mass is 9.67. The van der Waals surface area contributed by atoms with E-state index in [1.807, 2.05) is 26.8 Å². The summed E-state index contributed by atoms with van der Waals surface area (Å²) in [6.45, 7) is 8.96. The predicted octanol–water partition coefficient (Wildman–Crippen LogP) is 6.85. The number of likely N-dealkylation sites (tertiary alicyclic amines) is 1. The molecule has 1 aliphatic rings. The summed E-state index contributed by atoms with van der Waals surface area (Å²) in [7, 11) is 3.09. The highest BCUT2D eigenvalue weighted by atomic mass is 19.1. The molecule has 0 aromatic heterocycles. The molecule has 1 fully saturated rings. The largest absolute Gasteiger partial charge is 0.497 e. The number of piperidine rings is 1. The first kappa shape index (κ1) is 34.6. The summed E-state index contributed by atoms with van der Waals surface area (Å²) in [4.78, 5) is 43.0. The molecule has 1 N–H and O–H groups in total. The Morgan fingerprint density at radius 1 is 0.848 bits per heavy atom. The number of ketones is 2. The van der Waals surface area contributed by atoms with Crippen molar-refractivity contribution in [1.82, 2.24) is 10.2 Å². The number of hydrogen-bond acceptors (Lipinski definition) is 7. The van der Waals surface area contributed by atoms with Crippen LogP contribution in [-0.4, -0.2) is 68.6 Å². The Morgan fingerprint density at radius 3 is 1.91 bits per heavy atom. The van der Waals surface area contributed by atoms with E-state index in [1.165, 1.54) is 6.07 Å². The Morgan fingerprint density at radius 2 is 1.39 bits per heavy atom. The zero-order valence-electron chi connectivity index (χ0n) is 27.6. The molecule has 3 aromatic carbocycles. The van der Waals surface area contributed by atoms with Crippen molar-refractivity contribution in [1.29, 1.82) is 0 Å².